The van der Waals surface area contributed by atoms with Gasteiger partial charge >= 0.3 is 74.4 Å². The standard InChI is InChI=1S/2Li.2H2O5Si2.O/c;;2*1-6(2)5-7(3)4;/h;;2*1,3H;/q2*+1;;;-2. The van der Waals surface area contributed by atoms with Crippen LogP contribution in [0.25, 0.3) is 0 Å². The Balaban J connectivity index is -0.0000000480. The summed E-state index contributed by atoms with van der Waals surface area (Å²) in [5, 5.41) is 0. The summed E-state index contributed by atoms with van der Waals surface area (Å²) >= 11 is 0. The largest absolute Gasteiger partial charge is 2.00 e. The van der Waals surface area contributed by atoms with Gasteiger partial charge in [-0.1, -0.05) is 0 Å². The molecule has 0 bridgehead atoms. The minimum atomic E-state index is -3.20. The van der Waals surface area contributed by atoms with Crippen molar-refractivity contribution >= 4 is 36.7 Å². The Bertz CT molecular complexity index is 200. The van der Waals surface area contributed by atoms with Crippen LogP contribution < -0.4 is 37.7 Å². The van der Waals surface area contributed by atoms with E-state index in [0.717, 1.165) is 0 Å². The van der Waals surface area contributed by atoms with Crippen LogP contribution >= 0.6 is 0 Å². The molecular weight excluding hydrogens is 302 g/mol. The van der Waals surface area contributed by atoms with Crippen molar-refractivity contribution in [1.29, 1.82) is 0 Å². The van der Waals surface area contributed by atoms with Crippen LogP contribution in [0.3, 0.4) is 0 Å². The Kier molecular flexibility index (Phi) is 32.7. The van der Waals surface area contributed by atoms with Gasteiger partial charge in [0.1, 0.15) is 0 Å². The molecule has 0 rings (SSSR count). The van der Waals surface area contributed by atoms with Gasteiger partial charge in [-0.15, -0.1) is 0 Å². The van der Waals surface area contributed by atoms with Crippen LogP contribution in [0.4, 0.5) is 0 Å². The molecule has 4 N–H and O–H groups in total. The van der Waals surface area contributed by atoms with Gasteiger partial charge in [0.25, 0.3) is 0 Å². The molecular formula is H4Li2O11Si4. The second-order valence-electron chi connectivity index (χ2n) is 1.27. The summed E-state index contributed by atoms with van der Waals surface area (Å²) in [5.74, 6) is 0. The SMILES string of the molecule is O=[Si](O)O[Si](=O)O.O=[Si](O)O[Si](=O)O.[Li+].[Li+].[O-2]. The van der Waals surface area contributed by atoms with Gasteiger partial charge in [0.2, 0.25) is 0 Å². The van der Waals surface area contributed by atoms with E-state index >= 15 is 0 Å². The second-order valence-corrected chi connectivity index (χ2v) is 5.03. The molecule has 0 heterocycles. The van der Waals surface area contributed by atoms with Gasteiger partial charge in [-0.2, -0.15) is 0 Å². The van der Waals surface area contributed by atoms with Gasteiger partial charge in [0, 0.05) is 0 Å². The Labute approximate surface area is 125 Å². The molecule has 0 aliphatic carbocycles. The van der Waals surface area contributed by atoms with E-state index in [9.17, 15) is 17.8 Å². The van der Waals surface area contributed by atoms with Gasteiger partial charge in [-0.05, 0) is 0 Å². The normalized spacial score (nSPS) is 6.12. The van der Waals surface area contributed by atoms with E-state index in [4.69, 9.17) is 19.2 Å². The van der Waals surface area contributed by atoms with Gasteiger partial charge in [0.05, 0.1) is 0 Å². The fourth-order valence-electron chi connectivity index (χ4n) is 0.149. The van der Waals surface area contributed by atoms with Crippen LogP contribution in [-0.4, -0.2) is 55.9 Å². The molecule has 88 valence electrons. The molecule has 0 saturated heterocycles. The monoisotopic (exact) mass is 306 g/mol. The van der Waals surface area contributed by atoms with Gasteiger partial charge in [-0.25, -0.2) is 0 Å². The van der Waals surface area contributed by atoms with Crippen molar-refractivity contribution in [3.63, 3.8) is 0 Å². The Morgan fingerprint density at radius 3 is 0.706 bits per heavy atom. The average Bonchev–Trinajstić information content (AvgIpc) is 1.79. The molecule has 0 aliphatic rings. The van der Waals surface area contributed by atoms with E-state index in [1.54, 1.807) is 0 Å². The summed E-state index contributed by atoms with van der Waals surface area (Å²) in [6, 6.07) is 0. The maximum Gasteiger partial charge on any atom is 1.00 e. The molecule has 0 aromatic rings. The van der Waals surface area contributed by atoms with Crippen LogP contribution in [0, 0.1) is 0 Å². The third-order valence-corrected chi connectivity index (χ3v) is 3.14. The smallest absolute Gasteiger partial charge is 1.00 e. The summed E-state index contributed by atoms with van der Waals surface area (Å²) in [7, 11) is -12.8. The molecule has 0 aromatic heterocycles. The summed E-state index contributed by atoms with van der Waals surface area (Å²) < 4.78 is 44.7. The third-order valence-electron chi connectivity index (χ3n) is 0.349. The van der Waals surface area contributed by atoms with Gasteiger partial charge in [0.15, 0.2) is 0 Å². The summed E-state index contributed by atoms with van der Waals surface area (Å²) in [4.78, 5) is 30.8. The van der Waals surface area contributed by atoms with Gasteiger partial charge in [-0.3, -0.25) is 17.8 Å². The Morgan fingerprint density at radius 2 is 0.706 bits per heavy atom. The fourth-order valence-corrected chi connectivity index (χ4v) is 1.34. The molecule has 0 fully saturated rings. The van der Waals surface area contributed by atoms with Gasteiger partial charge < -0.3 is 32.9 Å². The van der Waals surface area contributed by atoms with Crippen LogP contribution in [0.5, 0.6) is 0 Å². The zero-order valence-corrected chi connectivity index (χ0v) is 12.6. The number of rotatable bonds is 4. The van der Waals surface area contributed by atoms with E-state index in [0.29, 0.717) is 0 Å². The molecule has 17 heteroatoms. The minimum absolute atomic E-state index is 0. The maximum atomic E-state index is 9.44. The first-order valence-corrected chi connectivity index (χ1v) is 7.58. The van der Waals surface area contributed by atoms with E-state index in [2.05, 4.69) is 8.23 Å². The van der Waals surface area contributed by atoms with Crippen LogP contribution in [0.2, 0.25) is 0 Å². The molecule has 0 radical (unpaired) electrons. The molecule has 0 aliphatic heterocycles. The first-order chi connectivity index (χ1) is 6.25. The predicted octanol–water partition coefficient (Wildman–Crippen LogP) is -10.5. The topological polar surface area (TPSA) is 196 Å². The first-order valence-electron chi connectivity index (χ1n) is 2.53. The molecule has 0 unspecified atom stereocenters. The van der Waals surface area contributed by atoms with Crippen LogP contribution in [0.1, 0.15) is 0 Å². The van der Waals surface area contributed by atoms with E-state index in [1.807, 2.05) is 0 Å². The van der Waals surface area contributed by atoms with Crippen molar-refractivity contribution < 1.29 is 88.5 Å². The molecule has 0 spiro atoms. The van der Waals surface area contributed by atoms with Crippen LogP contribution in [-0.2, 0) is 31.6 Å². The summed E-state index contributed by atoms with van der Waals surface area (Å²) in [6.07, 6.45) is 0. The second kappa shape index (κ2) is 18.4. The molecule has 0 atom stereocenters. The third kappa shape index (κ3) is 49.0. The first kappa shape index (κ1) is 30.2. The molecule has 0 aromatic carbocycles. The van der Waals surface area contributed by atoms with Crippen molar-refractivity contribution in [2.75, 3.05) is 0 Å². The fraction of sp³-hybridized carbons (Fsp3) is 0. The maximum absolute atomic E-state index is 9.44. The predicted molar refractivity (Wildman–Crippen MR) is 37.5 cm³/mol. The van der Waals surface area contributed by atoms with Crippen molar-refractivity contribution in [3.05, 3.63) is 0 Å². The van der Waals surface area contributed by atoms with E-state index in [1.165, 1.54) is 0 Å². The molecule has 0 amide bonds. The van der Waals surface area contributed by atoms with E-state index in [-0.39, 0.29) is 43.2 Å². The van der Waals surface area contributed by atoms with Crippen molar-refractivity contribution in [2.45, 2.75) is 0 Å². The average molecular weight is 306 g/mol. The minimum Gasteiger partial charge on any atom is -2.00 e. The Hall–Kier alpha value is 0.0223. The quantitative estimate of drug-likeness (QED) is 0.362. The number of hydrogen-bond acceptors (Lipinski definition) is 6. The van der Waals surface area contributed by atoms with Crippen LogP contribution in [0.15, 0.2) is 0 Å². The molecule has 17 heavy (non-hydrogen) atoms. The zero-order chi connectivity index (χ0) is 11.7. The molecule has 11 nitrogen and oxygen atoms in total. The zero-order valence-electron chi connectivity index (χ0n) is 8.65. The van der Waals surface area contributed by atoms with Crippen molar-refractivity contribution in [2.24, 2.45) is 0 Å². The van der Waals surface area contributed by atoms with E-state index < -0.39 is 36.7 Å². The summed E-state index contributed by atoms with van der Waals surface area (Å²) in [6.45, 7) is 0. The molecule has 0 saturated carbocycles. The summed E-state index contributed by atoms with van der Waals surface area (Å²) in [5.41, 5.74) is 0. The number of hydrogen-bond donors (Lipinski definition) is 4. The van der Waals surface area contributed by atoms with Crippen molar-refractivity contribution in [1.82, 2.24) is 0 Å². The van der Waals surface area contributed by atoms with Crippen molar-refractivity contribution in [3.8, 4) is 0 Å². The Morgan fingerprint density at radius 1 is 0.588 bits per heavy atom.